The summed E-state index contributed by atoms with van der Waals surface area (Å²) in [6.07, 6.45) is 1.49. The van der Waals surface area contributed by atoms with E-state index in [2.05, 4.69) is 14.9 Å². The zero-order valence-corrected chi connectivity index (χ0v) is 17.9. The first-order valence-electron chi connectivity index (χ1n) is 10.1. The average molecular weight is 438 g/mol. The van der Waals surface area contributed by atoms with E-state index in [-0.39, 0.29) is 12.4 Å². The maximum absolute atomic E-state index is 14.9. The highest BCUT2D eigenvalue weighted by Crippen LogP contribution is 2.40. The summed E-state index contributed by atoms with van der Waals surface area (Å²) < 4.78 is 20.4. The highest BCUT2D eigenvalue weighted by atomic mass is 32.2. The van der Waals surface area contributed by atoms with Gasteiger partial charge in [-0.15, -0.1) is 0 Å². The van der Waals surface area contributed by atoms with E-state index in [0.29, 0.717) is 24.5 Å². The van der Waals surface area contributed by atoms with Crippen LogP contribution in [0.25, 0.3) is 22.2 Å². The monoisotopic (exact) mass is 437 g/mol. The molecule has 1 aromatic heterocycles. The second kappa shape index (κ2) is 8.45. The van der Waals surface area contributed by atoms with Crippen molar-refractivity contribution in [3.8, 4) is 11.3 Å². The van der Waals surface area contributed by atoms with Gasteiger partial charge in [0.25, 0.3) is 0 Å². The number of nitrogens with zero attached hydrogens (tertiary/aromatic N) is 4. The molecular weight excluding hydrogens is 415 g/mol. The van der Waals surface area contributed by atoms with Crippen LogP contribution in [-0.2, 0) is 4.74 Å². The third kappa shape index (κ3) is 3.75. The first kappa shape index (κ1) is 20.2. The number of aliphatic hydroxyl groups excluding tert-OH is 1. The van der Waals surface area contributed by atoms with Crippen LogP contribution in [0.3, 0.4) is 0 Å². The molecule has 0 bridgehead atoms. The maximum atomic E-state index is 14.9. The van der Waals surface area contributed by atoms with E-state index in [1.807, 2.05) is 35.9 Å². The number of hydrogen-bond donors (Lipinski definition) is 1. The summed E-state index contributed by atoms with van der Waals surface area (Å²) in [6, 6.07) is 11.0. The van der Waals surface area contributed by atoms with Gasteiger partial charge in [0, 0.05) is 46.0 Å². The highest BCUT2D eigenvalue weighted by molar-refractivity contribution is 8.05. The van der Waals surface area contributed by atoms with Crippen molar-refractivity contribution in [3.63, 3.8) is 0 Å². The first-order chi connectivity index (χ1) is 15.2. The topological polar surface area (TPSA) is 61.7 Å². The van der Waals surface area contributed by atoms with Crippen molar-refractivity contribution in [2.45, 2.75) is 6.92 Å². The van der Waals surface area contributed by atoms with Crippen LogP contribution in [0.5, 0.6) is 0 Å². The molecule has 0 atom stereocenters. The predicted octanol–water partition coefficient (Wildman–Crippen LogP) is 4.17. The molecule has 8 heteroatoms. The normalized spacial score (nSPS) is 17.1. The summed E-state index contributed by atoms with van der Waals surface area (Å²) in [4.78, 5) is 14.0. The molecule has 0 aliphatic carbocycles. The van der Waals surface area contributed by atoms with Gasteiger partial charge in [-0.3, -0.25) is 0 Å². The van der Waals surface area contributed by atoms with E-state index in [1.165, 1.54) is 24.2 Å². The van der Waals surface area contributed by atoms with Gasteiger partial charge in [-0.25, -0.2) is 14.4 Å². The van der Waals surface area contributed by atoms with Crippen LogP contribution in [-0.4, -0.2) is 48.0 Å². The van der Waals surface area contributed by atoms with Crippen molar-refractivity contribution in [1.82, 2.24) is 9.97 Å². The molecule has 1 saturated heterocycles. The molecule has 2 aliphatic heterocycles. The number of halogens is 1. The molecule has 1 radical (unpaired) electrons. The lowest BCUT2D eigenvalue weighted by Crippen LogP contribution is -2.36. The number of fused-ring (bicyclic) bond motifs is 1. The van der Waals surface area contributed by atoms with Gasteiger partial charge < -0.3 is 19.6 Å². The van der Waals surface area contributed by atoms with Crippen molar-refractivity contribution in [1.29, 1.82) is 0 Å². The minimum absolute atomic E-state index is 0.0143. The van der Waals surface area contributed by atoms with Crippen LogP contribution in [0.2, 0.25) is 0 Å². The first-order valence-corrected chi connectivity index (χ1v) is 11.0. The molecule has 0 spiro atoms. The quantitative estimate of drug-likeness (QED) is 0.657. The van der Waals surface area contributed by atoms with Gasteiger partial charge in [-0.1, -0.05) is 11.8 Å². The van der Waals surface area contributed by atoms with Gasteiger partial charge in [0.05, 0.1) is 31.0 Å². The number of rotatable bonds is 4. The zero-order chi connectivity index (χ0) is 21.4. The van der Waals surface area contributed by atoms with Gasteiger partial charge in [0.15, 0.2) is 0 Å². The summed E-state index contributed by atoms with van der Waals surface area (Å²) in [7, 11) is 0. The molecule has 1 fully saturated rings. The van der Waals surface area contributed by atoms with E-state index in [0.717, 1.165) is 46.0 Å². The Balaban J connectivity index is 1.55. The molecule has 2 aromatic carbocycles. The summed E-state index contributed by atoms with van der Waals surface area (Å²) >= 11 is 1.47. The van der Waals surface area contributed by atoms with E-state index >= 15 is 0 Å². The summed E-state index contributed by atoms with van der Waals surface area (Å²) in [5.41, 5.74) is 4.60. The fraction of sp³-hybridized carbons (Fsp3) is 0.261. The number of ether oxygens (including phenoxy) is 1. The SMILES string of the molecule is CC1=C(CO)S[CH]N1c1ccc(F)c(-c2ncnc3cc(N4CCOCC4)ccc23)c1. The largest absolute Gasteiger partial charge is 0.391 e. The number of aromatic nitrogens is 2. The molecule has 0 saturated carbocycles. The predicted molar refractivity (Wildman–Crippen MR) is 122 cm³/mol. The number of anilines is 2. The zero-order valence-electron chi connectivity index (χ0n) is 17.1. The Kier molecular flexibility index (Phi) is 5.52. The molecule has 0 unspecified atom stereocenters. The molecule has 5 rings (SSSR count). The van der Waals surface area contributed by atoms with Gasteiger partial charge in [0.2, 0.25) is 0 Å². The number of allylic oxidation sites excluding steroid dienone is 1. The Labute approximate surface area is 184 Å². The van der Waals surface area contributed by atoms with Gasteiger partial charge in [-0.05, 0) is 43.3 Å². The average Bonchev–Trinajstić information content (AvgIpc) is 3.19. The number of aliphatic hydroxyl groups is 1. The fourth-order valence-corrected chi connectivity index (χ4v) is 4.80. The lowest BCUT2D eigenvalue weighted by atomic mass is 10.0. The minimum atomic E-state index is -0.336. The third-order valence-corrected chi connectivity index (χ3v) is 6.71. The van der Waals surface area contributed by atoms with Gasteiger partial charge >= 0.3 is 0 Å². The number of hydrogen-bond acceptors (Lipinski definition) is 7. The third-order valence-electron chi connectivity index (χ3n) is 5.69. The fourth-order valence-electron chi connectivity index (χ4n) is 3.94. The van der Waals surface area contributed by atoms with E-state index in [4.69, 9.17) is 4.74 Å². The number of thioether (sulfide) groups is 1. The van der Waals surface area contributed by atoms with Crippen LogP contribution < -0.4 is 9.80 Å². The van der Waals surface area contributed by atoms with Crippen molar-refractivity contribution in [2.75, 3.05) is 42.7 Å². The Morgan fingerprint density at radius 3 is 2.68 bits per heavy atom. The van der Waals surface area contributed by atoms with Crippen molar-refractivity contribution >= 4 is 34.0 Å². The number of morpholine rings is 1. The van der Waals surface area contributed by atoms with Crippen LogP contribution >= 0.6 is 11.8 Å². The Bertz CT molecular complexity index is 1160. The van der Waals surface area contributed by atoms with E-state index < -0.39 is 0 Å². The second-order valence-electron chi connectivity index (χ2n) is 7.45. The molecule has 6 nitrogen and oxygen atoms in total. The van der Waals surface area contributed by atoms with Gasteiger partial charge in [0.1, 0.15) is 18.0 Å². The molecule has 159 valence electrons. The molecule has 1 N–H and O–H groups in total. The Hall–Kier alpha value is -2.68. The summed E-state index contributed by atoms with van der Waals surface area (Å²) in [6.45, 7) is 5.03. The lowest BCUT2D eigenvalue weighted by Gasteiger charge is -2.29. The Morgan fingerprint density at radius 2 is 1.90 bits per heavy atom. The van der Waals surface area contributed by atoms with Crippen molar-refractivity contribution in [2.24, 2.45) is 0 Å². The van der Waals surface area contributed by atoms with Crippen LogP contribution in [0.1, 0.15) is 6.92 Å². The molecule has 0 amide bonds. The highest BCUT2D eigenvalue weighted by Gasteiger charge is 2.23. The van der Waals surface area contributed by atoms with Gasteiger partial charge in [-0.2, -0.15) is 0 Å². The van der Waals surface area contributed by atoms with E-state index in [1.54, 1.807) is 12.1 Å². The summed E-state index contributed by atoms with van der Waals surface area (Å²) in [5, 5.41) is 10.3. The Morgan fingerprint density at radius 1 is 1.10 bits per heavy atom. The second-order valence-corrected chi connectivity index (χ2v) is 8.39. The number of benzene rings is 2. The van der Waals surface area contributed by atoms with Crippen molar-refractivity contribution < 1.29 is 14.2 Å². The molecule has 2 aliphatic rings. The maximum Gasteiger partial charge on any atom is 0.132 e. The van der Waals surface area contributed by atoms with Crippen LogP contribution in [0.15, 0.2) is 53.3 Å². The van der Waals surface area contributed by atoms with Crippen LogP contribution in [0.4, 0.5) is 15.8 Å². The summed E-state index contributed by atoms with van der Waals surface area (Å²) in [5.74, 6) is 1.58. The molecular formula is C23H22FN4O2S. The van der Waals surface area contributed by atoms with Crippen LogP contribution in [0, 0.1) is 11.7 Å². The van der Waals surface area contributed by atoms with E-state index in [9.17, 15) is 9.50 Å². The lowest BCUT2D eigenvalue weighted by molar-refractivity contribution is 0.122. The molecule has 31 heavy (non-hydrogen) atoms. The smallest absolute Gasteiger partial charge is 0.132 e. The van der Waals surface area contributed by atoms with Crippen molar-refractivity contribution in [3.05, 3.63) is 65.0 Å². The standard InChI is InChI=1S/C23H22FN4O2S/c1-15-22(12-29)31-14-28(15)17-3-5-20(24)19(10-17)23-18-4-2-16(11-21(18)25-13-26-23)27-6-8-30-9-7-27/h2-5,10-11,13-14,29H,6-9,12H2,1H3. The molecule has 3 aromatic rings. The minimum Gasteiger partial charge on any atom is -0.391 e. The molecule has 3 heterocycles.